The number of benzene rings is 1. The number of carbonyl (C=O) groups is 1. The molecule has 0 fully saturated rings. The van der Waals surface area contributed by atoms with Gasteiger partial charge in [-0.2, -0.15) is 0 Å². The molecule has 0 saturated heterocycles. The number of esters is 1. The zero-order valence-corrected chi connectivity index (χ0v) is 14.9. The predicted molar refractivity (Wildman–Crippen MR) is 88.9 cm³/mol. The fourth-order valence-corrected chi connectivity index (χ4v) is 5.94. The number of hydrogen-bond acceptors (Lipinski definition) is 4. The summed E-state index contributed by atoms with van der Waals surface area (Å²) >= 11 is 1.30. The van der Waals surface area contributed by atoms with Crippen LogP contribution in [0.1, 0.15) is 34.6 Å². The second kappa shape index (κ2) is 8.02. The third-order valence-electron chi connectivity index (χ3n) is 2.74. The van der Waals surface area contributed by atoms with E-state index in [-0.39, 0.29) is 17.7 Å². The Morgan fingerprint density at radius 1 is 1.14 bits per heavy atom. The van der Waals surface area contributed by atoms with Crippen LogP contribution < -0.4 is 5.09 Å². The quantitative estimate of drug-likeness (QED) is 0.597. The van der Waals surface area contributed by atoms with E-state index in [1.165, 1.54) is 11.4 Å². The Morgan fingerprint density at radius 2 is 1.71 bits per heavy atom. The second-order valence-corrected chi connectivity index (χ2v) is 10.7. The van der Waals surface area contributed by atoms with Crippen LogP contribution in [0.4, 0.5) is 0 Å². The first-order valence-electron chi connectivity index (χ1n) is 7.07. The van der Waals surface area contributed by atoms with Gasteiger partial charge in [0.25, 0.3) is 0 Å². The van der Waals surface area contributed by atoms with Gasteiger partial charge in [0.1, 0.15) is 6.04 Å². The van der Waals surface area contributed by atoms with Gasteiger partial charge in [-0.15, -0.1) is 0 Å². The SMILES string of the molecule is CC(C)OC(=O)[C@H](C)NP(=O)(Sc1ccccc1)C(C)C. The minimum Gasteiger partial charge on any atom is -0.462 e. The number of carbonyl (C=O) groups excluding carboxylic acids is 1. The average Bonchev–Trinajstić information content (AvgIpc) is 2.38. The second-order valence-electron chi connectivity index (χ2n) is 5.43. The van der Waals surface area contributed by atoms with E-state index >= 15 is 0 Å². The van der Waals surface area contributed by atoms with E-state index in [4.69, 9.17) is 4.74 Å². The molecule has 0 aliphatic rings. The molecule has 0 amide bonds. The zero-order chi connectivity index (χ0) is 16.0. The van der Waals surface area contributed by atoms with Crippen molar-refractivity contribution in [3.8, 4) is 0 Å². The van der Waals surface area contributed by atoms with Crippen molar-refractivity contribution < 1.29 is 14.1 Å². The monoisotopic (exact) mass is 329 g/mol. The molecule has 2 atom stereocenters. The predicted octanol–water partition coefficient (Wildman–Crippen LogP) is 4.31. The third kappa shape index (κ3) is 5.85. The molecule has 0 aliphatic carbocycles. The molecule has 0 heterocycles. The molecule has 4 nitrogen and oxygen atoms in total. The van der Waals surface area contributed by atoms with Crippen LogP contribution in [0.15, 0.2) is 35.2 Å². The number of nitrogens with one attached hydrogen (secondary N) is 1. The van der Waals surface area contributed by atoms with Gasteiger partial charge in [-0.3, -0.25) is 9.36 Å². The molecule has 0 aliphatic heterocycles. The van der Waals surface area contributed by atoms with Crippen molar-refractivity contribution in [2.24, 2.45) is 0 Å². The largest absolute Gasteiger partial charge is 0.462 e. The summed E-state index contributed by atoms with van der Waals surface area (Å²) in [7, 11) is 0. The van der Waals surface area contributed by atoms with Gasteiger partial charge in [-0.25, -0.2) is 5.09 Å². The van der Waals surface area contributed by atoms with Gasteiger partial charge in [-0.05, 0) is 44.3 Å². The molecule has 0 aromatic heterocycles. The first-order valence-corrected chi connectivity index (χ1v) is 10.3. The molecule has 1 aromatic carbocycles. The van der Waals surface area contributed by atoms with Gasteiger partial charge in [0, 0.05) is 10.6 Å². The minimum absolute atomic E-state index is 0.0861. The lowest BCUT2D eigenvalue weighted by Crippen LogP contribution is -2.35. The molecule has 0 saturated carbocycles. The maximum Gasteiger partial charge on any atom is 0.323 e. The highest BCUT2D eigenvalue weighted by Crippen LogP contribution is 2.62. The Labute approximate surface area is 131 Å². The molecule has 0 bridgehead atoms. The first kappa shape index (κ1) is 18.3. The molecule has 6 heteroatoms. The molecule has 0 spiro atoms. The molecule has 1 rings (SSSR count). The van der Waals surface area contributed by atoms with Crippen molar-refractivity contribution in [2.45, 2.75) is 57.3 Å². The third-order valence-corrected chi connectivity index (χ3v) is 8.63. The summed E-state index contributed by atoms with van der Waals surface area (Å²) in [6, 6.07) is 8.96. The summed E-state index contributed by atoms with van der Waals surface area (Å²) in [6.45, 7) is 6.27. The summed E-state index contributed by atoms with van der Waals surface area (Å²) in [4.78, 5) is 12.8. The highest BCUT2D eigenvalue weighted by atomic mass is 32.7. The maximum absolute atomic E-state index is 13.1. The minimum atomic E-state index is -2.80. The van der Waals surface area contributed by atoms with Crippen molar-refractivity contribution in [3.63, 3.8) is 0 Å². The van der Waals surface area contributed by atoms with Crippen LogP contribution in [0.2, 0.25) is 0 Å². The van der Waals surface area contributed by atoms with Crippen LogP contribution in [-0.4, -0.2) is 23.8 Å². The van der Waals surface area contributed by atoms with Crippen molar-refractivity contribution in [3.05, 3.63) is 30.3 Å². The van der Waals surface area contributed by atoms with Crippen LogP contribution in [0, 0.1) is 0 Å². The van der Waals surface area contributed by atoms with Crippen LogP contribution in [0.25, 0.3) is 0 Å². The lowest BCUT2D eigenvalue weighted by atomic mass is 10.4. The fourth-order valence-electron chi connectivity index (χ4n) is 1.58. The Kier molecular flexibility index (Phi) is 6.98. The zero-order valence-electron chi connectivity index (χ0n) is 13.2. The van der Waals surface area contributed by atoms with E-state index in [0.29, 0.717) is 0 Å². The Hall–Kier alpha value is -0.770. The van der Waals surface area contributed by atoms with Crippen LogP contribution >= 0.6 is 17.9 Å². The summed E-state index contributed by atoms with van der Waals surface area (Å²) in [5.74, 6) is -0.375. The normalized spacial score (nSPS) is 15.8. The van der Waals surface area contributed by atoms with E-state index in [1.54, 1.807) is 20.8 Å². The number of ether oxygens (including phenoxy) is 1. The van der Waals surface area contributed by atoms with Gasteiger partial charge >= 0.3 is 5.97 Å². The summed E-state index contributed by atoms with van der Waals surface area (Å²) < 4.78 is 18.3. The number of hydrogen-bond donors (Lipinski definition) is 1. The highest BCUT2D eigenvalue weighted by Gasteiger charge is 2.32. The lowest BCUT2D eigenvalue weighted by molar-refractivity contribution is -0.148. The van der Waals surface area contributed by atoms with Crippen molar-refractivity contribution >= 4 is 23.8 Å². The van der Waals surface area contributed by atoms with Gasteiger partial charge in [0.15, 0.2) is 0 Å². The summed E-state index contributed by atoms with van der Waals surface area (Å²) in [5.41, 5.74) is -0.0861. The molecule has 1 unspecified atom stereocenters. The van der Waals surface area contributed by atoms with E-state index in [9.17, 15) is 9.36 Å². The highest BCUT2D eigenvalue weighted by molar-refractivity contribution is 8.57. The van der Waals surface area contributed by atoms with Crippen molar-refractivity contribution in [1.29, 1.82) is 0 Å². The van der Waals surface area contributed by atoms with Crippen LogP contribution in [0.5, 0.6) is 0 Å². The van der Waals surface area contributed by atoms with E-state index in [1.807, 2.05) is 44.2 Å². The van der Waals surface area contributed by atoms with Crippen molar-refractivity contribution in [1.82, 2.24) is 5.09 Å². The molecule has 1 N–H and O–H groups in total. The van der Waals surface area contributed by atoms with E-state index in [2.05, 4.69) is 5.09 Å². The summed E-state index contributed by atoms with van der Waals surface area (Å²) in [5, 5.41) is 2.99. The first-order chi connectivity index (χ1) is 9.74. The van der Waals surface area contributed by atoms with Crippen molar-refractivity contribution in [2.75, 3.05) is 0 Å². The Balaban J connectivity index is 2.81. The average molecular weight is 329 g/mol. The van der Waals surface area contributed by atoms with Crippen LogP contribution in [-0.2, 0) is 14.1 Å². The molecular weight excluding hydrogens is 305 g/mol. The standard InChI is InChI=1S/C15H24NO3PS/c1-11(2)19-15(17)13(5)16-20(18,12(3)4)21-14-9-7-6-8-10-14/h6-13H,1-5H3,(H,16,18)/t13-,20?/m0/s1. The maximum atomic E-state index is 13.1. The molecule has 1 aromatic rings. The Morgan fingerprint density at radius 3 is 2.19 bits per heavy atom. The number of rotatable bonds is 7. The summed E-state index contributed by atoms with van der Waals surface area (Å²) in [6.07, 6.45) is -0.179. The van der Waals surface area contributed by atoms with E-state index in [0.717, 1.165) is 4.90 Å². The Bertz CT molecular complexity index is 505. The fraction of sp³-hybridized carbons (Fsp3) is 0.533. The van der Waals surface area contributed by atoms with Crippen LogP contribution in [0.3, 0.4) is 0 Å². The molecule has 0 radical (unpaired) electrons. The molecule has 118 valence electrons. The van der Waals surface area contributed by atoms with E-state index < -0.39 is 12.5 Å². The van der Waals surface area contributed by atoms with Gasteiger partial charge < -0.3 is 4.74 Å². The smallest absolute Gasteiger partial charge is 0.323 e. The molecule has 21 heavy (non-hydrogen) atoms. The molecular formula is C15H24NO3PS. The van der Waals surface area contributed by atoms with Gasteiger partial charge in [0.2, 0.25) is 6.49 Å². The topological polar surface area (TPSA) is 55.4 Å². The lowest BCUT2D eigenvalue weighted by Gasteiger charge is -2.26. The van der Waals surface area contributed by atoms with Gasteiger partial charge in [-0.1, -0.05) is 32.0 Å². The van der Waals surface area contributed by atoms with Gasteiger partial charge in [0.05, 0.1) is 6.10 Å².